The molecule has 2 aromatic rings. The Kier molecular flexibility index (Phi) is 7.22. The molecule has 3 rings (SSSR count). The third-order valence-corrected chi connectivity index (χ3v) is 5.52. The number of hydrogen-bond acceptors (Lipinski definition) is 3. The van der Waals surface area contributed by atoms with Crippen LogP contribution in [-0.4, -0.2) is 36.0 Å². The van der Waals surface area contributed by atoms with Crippen molar-refractivity contribution in [2.24, 2.45) is 0 Å². The summed E-state index contributed by atoms with van der Waals surface area (Å²) < 4.78 is 5.70. The van der Waals surface area contributed by atoms with Crippen LogP contribution in [0.3, 0.4) is 0 Å². The molecule has 0 aliphatic carbocycles. The molecular formula is C22H26Cl2N2O2. The number of nitrogens with zero attached hydrogens (tertiary/aromatic N) is 1. The van der Waals surface area contributed by atoms with Gasteiger partial charge in [-0.05, 0) is 50.5 Å². The fourth-order valence-corrected chi connectivity index (χ4v) is 3.89. The van der Waals surface area contributed by atoms with E-state index in [1.807, 2.05) is 0 Å². The van der Waals surface area contributed by atoms with Crippen LogP contribution in [0.2, 0.25) is 10.0 Å². The van der Waals surface area contributed by atoms with Gasteiger partial charge in [0.2, 0.25) is 0 Å². The zero-order valence-electron chi connectivity index (χ0n) is 16.3. The monoisotopic (exact) mass is 420 g/mol. The number of piperidine rings is 1. The minimum Gasteiger partial charge on any atom is -0.479 e. The zero-order valence-corrected chi connectivity index (χ0v) is 17.8. The number of benzene rings is 2. The Hall–Kier alpha value is -1.75. The summed E-state index contributed by atoms with van der Waals surface area (Å²) in [5.41, 5.74) is 2.62. The molecule has 0 spiro atoms. The average Bonchev–Trinajstić information content (AvgIpc) is 2.65. The number of ether oxygens (including phenoxy) is 1. The van der Waals surface area contributed by atoms with Gasteiger partial charge in [0, 0.05) is 30.7 Å². The van der Waals surface area contributed by atoms with E-state index in [2.05, 4.69) is 41.4 Å². The second-order valence-electron chi connectivity index (χ2n) is 7.38. The van der Waals surface area contributed by atoms with Crippen LogP contribution in [0.15, 0.2) is 42.5 Å². The van der Waals surface area contributed by atoms with Gasteiger partial charge in [0.25, 0.3) is 5.91 Å². The minimum absolute atomic E-state index is 0.122. The second kappa shape index (κ2) is 9.64. The van der Waals surface area contributed by atoms with Crippen LogP contribution in [0.5, 0.6) is 5.75 Å². The first kappa shape index (κ1) is 21.0. The molecule has 0 bridgehead atoms. The molecule has 1 amide bonds. The SMILES string of the molecule is Cc1cccc(CN2CCC(NC(=O)C(C)Oc3ccc(Cl)cc3Cl)CC2)c1. The van der Waals surface area contributed by atoms with Crippen LogP contribution in [-0.2, 0) is 11.3 Å². The van der Waals surface area contributed by atoms with Crippen molar-refractivity contribution in [1.29, 1.82) is 0 Å². The van der Waals surface area contributed by atoms with Crippen molar-refractivity contribution in [2.75, 3.05) is 13.1 Å². The maximum Gasteiger partial charge on any atom is 0.260 e. The van der Waals surface area contributed by atoms with E-state index in [9.17, 15) is 4.79 Å². The summed E-state index contributed by atoms with van der Waals surface area (Å²) in [5.74, 6) is 0.338. The van der Waals surface area contributed by atoms with Gasteiger partial charge in [-0.2, -0.15) is 0 Å². The highest BCUT2D eigenvalue weighted by molar-refractivity contribution is 6.35. The average molecular weight is 421 g/mol. The van der Waals surface area contributed by atoms with Crippen molar-refractivity contribution in [3.63, 3.8) is 0 Å². The summed E-state index contributed by atoms with van der Waals surface area (Å²) >= 11 is 12.0. The first-order valence-corrected chi connectivity index (χ1v) is 10.4. The molecular weight excluding hydrogens is 395 g/mol. The van der Waals surface area contributed by atoms with Crippen LogP contribution in [0.25, 0.3) is 0 Å². The Morgan fingerprint density at radius 2 is 1.96 bits per heavy atom. The van der Waals surface area contributed by atoms with Crippen molar-refractivity contribution in [3.8, 4) is 5.75 Å². The number of halogens is 2. The van der Waals surface area contributed by atoms with E-state index in [0.717, 1.165) is 32.5 Å². The van der Waals surface area contributed by atoms with Crippen molar-refractivity contribution in [1.82, 2.24) is 10.2 Å². The van der Waals surface area contributed by atoms with Gasteiger partial charge in [0.15, 0.2) is 6.10 Å². The van der Waals surface area contributed by atoms with E-state index in [0.29, 0.717) is 15.8 Å². The molecule has 0 aromatic heterocycles. The normalized spacial score (nSPS) is 16.6. The lowest BCUT2D eigenvalue weighted by molar-refractivity contribution is -0.128. The molecule has 2 aromatic carbocycles. The van der Waals surface area contributed by atoms with Crippen LogP contribution in [0, 0.1) is 6.92 Å². The van der Waals surface area contributed by atoms with Crippen molar-refractivity contribution >= 4 is 29.1 Å². The third kappa shape index (κ3) is 5.87. The van der Waals surface area contributed by atoms with Crippen molar-refractivity contribution < 1.29 is 9.53 Å². The predicted molar refractivity (Wildman–Crippen MR) is 114 cm³/mol. The van der Waals surface area contributed by atoms with E-state index < -0.39 is 6.10 Å². The van der Waals surface area contributed by atoms with Gasteiger partial charge in [0.05, 0.1) is 5.02 Å². The highest BCUT2D eigenvalue weighted by Crippen LogP contribution is 2.28. The number of likely N-dealkylation sites (tertiary alicyclic amines) is 1. The van der Waals surface area contributed by atoms with Crippen LogP contribution < -0.4 is 10.1 Å². The molecule has 0 saturated carbocycles. The summed E-state index contributed by atoms with van der Waals surface area (Å²) in [6.45, 7) is 6.74. The zero-order chi connectivity index (χ0) is 20.1. The first-order chi connectivity index (χ1) is 13.4. The fraction of sp³-hybridized carbons (Fsp3) is 0.409. The smallest absolute Gasteiger partial charge is 0.260 e. The Morgan fingerprint density at radius 3 is 2.64 bits per heavy atom. The number of amides is 1. The number of hydrogen-bond donors (Lipinski definition) is 1. The molecule has 1 atom stereocenters. The molecule has 1 N–H and O–H groups in total. The lowest BCUT2D eigenvalue weighted by Gasteiger charge is -2.33. The molecule has 28 heavy (non-hydrogen) atoms. The summed E-state index contributed by atoms with van der Waals surface area (Å²) in [6, 6.07) is 13.8. The first-order valence-electron chi connectivity index (χ1n) is 9.60. The van der Waals surface area contributed by atoms with Crippen LogP contribution >= 0.6 is 23.2 Å². The van der Waals surface area contributed by atoms with E-state index in [4.69, 9.17) is 27.9 Å². The van der Waals surface area contributed by atoms with Crippen molar-refractivity contribution in [3.05, 3.63) is 63.6 Å². The Bertz CT molecular complexity index is 820. The molecule has 1 fully saturated rings. The number of aryl methyl sites for hydroxylation is 1. The van der Waals surface area contributed by atoms with E-state index in [1.165, 1.54) is 11.1 Å². The fourth-order valence-electron chi connectivity index (χ4n) is 3.44. The standard InChI is InChI=1S/C22H26Cl2N2O2/c1-15-4-3-5-17(12-15)14-26-10-8-19(9-11-26)25-22(27)16(2)28-21-7-6-18(23)13-20(21)24/h3-7,12-13,16,19H,8-11,14H2,1-2H3,(H,25,27). The lowest BCUT2D eigenvalue weighted by Crippen LogP contribution is -2.47. The number of rotatable bonds is 6. The number of carbonyl (C=O) groups is 1. The van der Waals surface area contributed by atoms with Gasteiger partial charge < -0.3 is 10.1 Å². The summed E-state index contributed by atoms with van der Waals surface area (Å²) in [4.78, 5) is 14.9. The molecule has 1 aliphatic heterocycles. The summed E-state index contributed by atoms with van der Waals surface area (Å²) in [7, 11) is 0. The van der Waals surface area contributed by atoms with Crippen molar-refractivity contribution in [2.45, 2.75) is 45.4 Å². The molecule has 0 radical (unpaired) electrons. The number of nitrogens with one attached hydrogen (secondary N) is 1. The summed E-state index contributed by atoms with van der Waals surface area (Å²) in [5, 5.41) is 4.04. The highest BCUT2D eigenvalue weighted by Gasteiger charge is 2.24. The quantitative estimate of drug-likeness (QED) is 0.725. The molecule has 4 nitrogen and oxygen atoms in total. The minimum atomic E-state index is -0.621. The second-order valence-corrected chi connectivity index (χ2v) is 8.23. The van der Waals surface area contributed by atoms with Gasteiger partial charge in [-0.25, -0.2) is 0 Å². The van der Waals surface area contributed by atoms with Gasteiger partial charge in [-0.15, -0.1) is 0 Å². The molecule has 150 valence electrons. The highest BCUT2D eigenvalue weighted by atomic mass is 35.5. The Morgan fingerprint density at radius 1 is 1.21 bits per heavy atom. The maximum atomic E-state index is 12.5. The number of carbonyl (C=O) groups excluding carboxylic acids is 1. The molecule has 1 saturated heterocycles. The third-order valence-electron chi connectivity index (χ3n) is 4.99. The van der Waals surface area contributed by atoms with Gasteiger partial charge in [0.1, 0.15) is 5.75 Å². The molecule has 1 heterocycles. The van der Waals surface area contributed by atoms with Gasteiger partial charge in [-0.1, -0.05) is 53.0 Å². The topological polar surface area (TPSA) is 41.6 Å². The van der Waals surface area contributed by atoms with Crippen LogP contribution in [0.4, 0.5) is 0 Å². The van der Waals surface area contributed by atoms with Gasteiger partial charge >= 0.3 is 0 Å². The van der Waals surface area contributed by atoms with E-state index >= 15 is 0 Å². The molecule has 1 aliphatic rings. The maximum absolute atomic E-state index is 12.5. The Balaban J connectivity index is 1.45. The Labute approximate surface area is 176 Å². The summed E-state index contributed by atoms with van der Waals surface area (Å²) in [6.07, 6.45) is 1.25. The van der Waals surface area contributed by atoms with Gasteiger partial charge in [-0.3, -0.25) is 9.69 Å². The largest absolute Gasteiger partial charge is 0.479 e. The van der Waals surface area contributed by atoms with Crippen LogP contribution in [0.1, 0.15) is 30.9 Å². The van der Waals surface area contributed by atoms with E-state index in [-0.39, 0.29) is 11.9 Å². The van der Waals surface area contributed by atoms with E-state index in [1.54, 1.807) is 25.1 Å². The lowest BCUT2D eigenvalue weighted by atomic mass is 10.0. The predicted octanol–water partition coefficient (Wildman–Crippen LogP) is 4.85. The molecule has 6 heteroatoms. The molecule has 1 unspecified atom stereocenters.